The topological polar surface area (TPSA) is 146 Å². The van der Waals surface area contributed by atoms with E-state index in [2.05, 4.69) is 41.0 Å². The minimum atomic E-state index is -4.71. The summed E-state index contributed by atoms with van der Waals surface area (Å²) in [4.78, 5) is 36.0. The summed E-state index contributed by atoms with van der Waals surface area (Å²) >= 11 is 0.968. The highest BCUT2D eigenvalue weighted by atomic mass is 32.1. The van der Waals surface area contributed by atoms with E-state index in [0.29, 0.717) is 66.0 Å². The molecule has 4 heterocycles. The lowest BCUT2D eigenvalue weighted by molar-refractivity contribution is -0.137. The number of rotatable bonds is 7. The Kier molecular flexibility index (Phi) is 8.27. The maximum Gasteiger partial charge on any atom is 0.416 e. The standard InChI is InChI=1S/C24H22F4N8O4S/c25-16-2-1-13(24(26,27)28)9-17(16)33-21(37)34-22-31-12-18(41-22)14-10-30-20-15(11-32-35-20)19(14)40-23(38)29-3-4-36-5-7-39-8-6-36/h1-2,9-12H,3-8H2,(H,29,38)(H,30,32,35)(H2,31,33,34,37). The Labute approximate surface area is 233 Å². The number of hydrogen-bond donors (Lipinski definition) is 4. The molecule has 4 aromatic rings. The largest absolute Gasteiger partial charge is 0.416 e. The molecule has 1 aliphatic rings. The molecule has 12 nitrogen and oxygen atoms in total. The van der Waals surface area contributed by atoms with E-state index in [1.165, 1.54) is 18.6 Å². The van der Waals surface area contributed by atoms with E-state index >= 15 is 0 Å². The van der Waals surface area contributed by atoms with Crippen molar-refractivity contribution in [1.29, 1.82) is 0 Å². The third-order valence-corrected chi connectivity index (χ3v) is 6.91. The van der Waals surface area contributed by atoms with Crippen LogP contribution >= 0.6 is 11.3 Å². The number of carbonyl (C=O) groups is 2. The fourth-order valence-corrected chi connectivity index (χ4v) is 4.75. The molecular weight excluding hydrogens is 572 g/mol. The van der Waals surface area contributed by atoms with Crippen molar-refractivity contribution in [2.24, 2.45) is 0 Å². The Morgan fingerprint density at radius 1 is 1.12 bits per heavy atom. The van der Waals surface area contributed by atoms with E-state index in [-0.39, 0.29) is 10.9 Å². The van der Waals surface area contributed by atoms with Crippen molar-refractivity contribution in [3.05, 3.63) is 48.2 Å². The number of aromatic amines is 1. The number of aromatic nitrogens is 4. The van der Waals surface area contributed by atoms with Crippen LogP contribution in [0.25, 0.3) is 21.5 Å². The van der Waals surface area contributed by atoms with Crippen LogP contribution in [0.3, 0.4) is 0 Å². The predicted molar refractivity (Wildman–Crippen MR) is 140 cm³/mol. The molecule has 0 spiro atoms. The molecule has 0 aliphatic carbocycles. The molecule has 17 heteroatoms. The number of anilines is 2. The summed E-state index contributed by atoms with van der Waals surface area (Å²) in [6.45, 7) is 3.80. The van der Waals surface area contributed by atoms with Crippen molar-refractivity contribution < 1.29 is 36.6 Å². The van der Waals surface area contributed by atoms with Crippen LogP contribution in [0.2, 0.25) is 0 Å². The summed E-state index contributed by atoms with van der Waals surface area (Å²) in [7, 11) is 0. The highest BCUT2D eigenvalue weighted by Gasteiger charge is 2.31. The highest BCUT2D eigenvalue weighted by Crippen LogP contribution is 2.39. The van der Waals surface area contributed by atoms with Gasteiger partial charge in [-0.3, -0.25) is 15.3 Å². The van der Waals surface area contributed by atoms with Gasteiger partial charge < -0.3 is 20.1 Å². The van der Waals surface area contributed by atoms with Crippen LogP contribution in [0.4, 0.5) is 38.0 Å². The minimum absolute atomic E-state index is 0.0399. The van der Waals surface area contributed by atoms with Crippen molar-refractivity contribution in [3.8, 4) is 16.2 Å². The number of pyridine rings is 1. The van der Waals surface area contributed by atoms with Gasteiger partial charge in [0.05, 0.1) is 46.5 Å². The molecule has 3 amide bonds. The normalized spacial score (nSPS) is 14.1. The Hall–Kier alpha value is -4.35. The van der Waals surface area contributed by atoms with Crippen LogP contribution in [0.5, 0.6) is 5.75 Å². The summed E-state index contributed by atoms with van der Waals surface area (Å²) < 4.78 is 63.9. The second kappa shape index (κ2) is 12.0. The molecule has 0 unspecified atom stereocenters. The highest BCUT2D eigenvalue weighted by molar-refractivity contribution is 7.19. The molecule has 0 atom stereocenters. The zero-order chi connectivity index (χ0) is 29.0. The molecule has 4 N–H and O–H groups in total. The number of urea groups is 1. The van der Waals surface area contributed by atoms with Crippen LogP contribution in [-0.4, -0.2) is 76.6 Å². The van der Waals surface area contributed by atoms with Crippen LogP contribution < -0.4 is 20.7 Å². The molecule has 0 saturated carbocycles. The number of H-pyrrole nitrogens is 1. The van der Waals surface area contributed by atoms with Gasteiger partial charge in [-0.25, -0.2) is 23.9 Å². The zero-order valence-corrected chi connectivity index (χ0v) is 21.9. The molecule has 1 aliphatic heterocycles. The number of thiazole rings is 1. The number of ether oxygens (including phenoxy) is 2. The molecule has 5 rings (SSSR count). The fraction of sp³-hybridized carbons (Fsp3) is 0.292. The number of morpholine rings is 1. The number of halogens is 4. The van der Waals surface area contributed by atoms with Crippen molar-refractivity contribution in [1.82, 2.24) is 30.4 Å². The molecule has 1 fully saturated rings. The number of alkyl halides is 3. The van der Waals surface area contributed by atoms with Crippen molar-refractivity contribution in [3.63, 3.8) is 0 Å². The Morgan fingerprint density at radius 2 is 1.93 bits per heavy atom. The SMILES string of the molecule is O=C(Nc1ncc(-c2cnc3[nH]ncc3c2OC(=O)NCCN2CCOCC2)s1)Nc1cc(C(F)(F)F)ccc1F. The maximum atomic E-state index is 14.0. The summed E-state index contributed by atoms with van der Waals surface area (Å²) in [6.07, 6.45) is -1.14. The van der Waals surface area contributed by atoms with Gasteiger partial charge in [-0.15, -0.1) is 0 Å². The van der Waals surface area contributed by atoms with Gasteiger partial charge in [0.2, 0.25) is 0 Å². The van der Waals surface area contributed by atoms with Crippen LogP contribution in [0, 0.1) is 5.82 Å². The lowest BCUT2D eigenvalue weighted by Gasteiger charge is -2.26. The number of fused-ring (bicyclic) bond motifs is 1. The van der Waals surface area contributed by atoms with Crippen LogP contribution in [0.15, 0.2) is 36.8 Å². The average Bonchev–Trinajstić information content (AvgIpc) is 3.60. The molecule has 216 valence electrons. The van der Waals surface area contributed by atoms with Crippen molar-refractivity contribution in [2.45, 2.75) is 6.18 Å². The third kappa shape index (κ3) is 6.87. The number of benzene rings is 1. The second-order valence-electron chi connectivity index (χ2n) is 8.70. The van der Waals surface area contributed by atoms with E-state index in [4.69, 9.17) is 9.47 Å². The molecule has 41 heavy (non-hydrogen) atoms. The Bertz CT molecular complexity index is 1550. The number of nitrogens with zero attached hydrogens (tertiary/aromatic N) is 4. The van der Waals surface area contributed by atoms with Crippen LogP contribution in [-0.2, 0) is 10.9 Å². The molecule has 0 bridgehead atoms. The fourth-order valence-electron chi connectivity index (χ4n) is 3.94. The van der Waals surface area contributed by atoms with Crippen molar-refractivity contribution in [2.75, 3.05) is 50.0 Å². The molecular formula is C24H22F4N8O4S. The van der Waals surface area contributed by atoms with E-state index in [1.54, 1.807) is 0 Å². The van der Waals surface area contributed by atoms with E-state index < -0.39 is 35.4 Å². The van der Waals surface area contributed by atoms with E-state index in [1.807, 2.05) is 0 Å². The molecule has 1 saturated heterocycles. The van der Waals surface area contributed by atoms with E-state index in [9.17, 15) is 27.2 Å². The first-order valence-corrected chi connectivity index (χ1v) is 13.0. The lowest BCUT2D eigenvalue weighted by Crippen LogP contribution is -2.41. The Morgan fingerprint density at radius 3 is 2.71 bits per heavy atom. The first-order valence-electron chi connectivity index (χ1n) is 12.2. The Balaban J connectivity index is 1.28. The lowest BCUT2D eigenvalue weighted by atomic mass is 10.2. The van der Waals surface area contributed by atoms with Gasteiger partial charge in [0.15, 0.2) is 16.5 Å². The smallest absolute Gasteiger partial charge is 0.409 e. The summed E-state index contributed by atoms with van der Waals surface area (Å²) in [6, 6.07) is 0.659. The van der Waals surface area contributed by atoms with Crippen LogP contribution in [0.1, 0.15) is 5.56 Å². The molecule has 0 radical (unpaired) electrons. The number of amides is 3. The maximum absolute atomic E-state index is 14.0. The summed E-state index contributed by atoms with van der Waals surface area (Å²) in [5, 5.41) is 14.2. The zero-order valence-electron chi connectivity index (χ0n) is 21.0. The molecule has 1 aromatic carbocycles. The van der Waals surface area contributed by atoms with Gasteiger partial charge >= 0.3 is 18.3 Å². The first-order chi connectivity index (χ1) is 19.7. The second-order valence-corrected chi connectivity index (χ2v) is 9.74. The number of carbonyl (C=O) groups excluding carboxylic acids is 2. The summed E-state index contributed by atoms with van der Waals surface area (Å²) in [5.74, 6) is -0.893. The minimum Gasteiger partial charge on any atom is -0.409 e. The van der Waals surface area contributed by atoms with E-state index in [0.717, 1.165) is 24.4 Å². The van der Waals surface area contributed by atoms with Gasteiger partial charge in [-0.2, -0.15) is 18.3 Å². The van der Waals surface area contributed by atoms with Gasteiger partial charge in [0.25, 0.3) is 0 Å². The van der Waals surface area contributed by atoms with Gasteiger partial charge in [-0.1, -0.05) is 11.3 Å². The average molecular weight is 595 g/mol. The van der Waals surface area contributed by atoms with Crippen molar-refractivity contribution >= 4 is 45.3 Å². The molecule has 3 aromatic heterocycles. The summed E-state index contributed by atoms with van der Waals surface area (Å²) in [5.41, 5.74) is -1.03. The number of hydrogen-bond acceptors (Lipinski definition) is 9. The number of nitrogens with one attached hydrogen (secondary N) is 4. The van der Waals surface area contributed by atoms with Gasteiger partial charge in [0.1, 0.15) is 5.82 Å². The van der Waals surface area contributed by atoms with Gasteiger partial charge in [-0.05, 0) is 18.2 Å². The predicted octanol–water partition coefficient (Wildman–Crippen LogP) is 4.30. The first kappa shape index (κ1) is 28.2. The monoisotopic (exact) mass is 594 g/mol. The third-order valence-electron chi connectivity index (χ3n) is 5.96. The van der Waals surface area contributed by atoms with Gasteiger partial charge in [0, 0.05) is 38.6 Å². The quantitative estimate of drug-likeness (QED) is 0.232.